The molecule has 1 aliphatic rings. The molecule has 0 spiro atoms. The molecule has 1 fully saturated rings. The van der Waals surface area contributed by atoms with Gasteiger partial charge < -0.3 is 19.9 Å². The van der Waals surface area contributed by atoms with Gasteiger partial charge in [0.05, 0.1) is 11.9 Å². The average molecular weight is 431 g/mol. The summed E-state index contributed by atoms with van der Waals surface area (Å²) in [7, 11) is 0. The number of nitrogens with one attached hydrogen (secondary N) is 1. The number of hydrogen-bond donors (Lipinski definition) is 1. The van der Waals surface area contributed by atoms with Crippen molar-refractivity contribution in [2.45, 2.75) is 13.5 Å². The molecule has 7 heteroatoms. The van der Waals surface area contributed by atoms with Crippen LogP contribution in [0.4, 0.5) is 16.3 Å². The van der Waals surface area contributed by atoms with E-state index in [9.17, 15) is 9.59 Å². The smallest absolute Gasteiger partial charge is 0.410 e. The Morgan fingerprint density at radius 2 is 1.66 bits per heavy atom. The number of anilines is 2. The number of amides is 2. The molecule has 4 rings (SSSR count). The summed E-state index contributed by atoms with van der Waals surface area (Å²) in [5.74, 6) is 0.651. The van der Waals surface area contributed by atoms with Crippen molar-refractivity contribution in [1.82, 2.24) is 9.88 Å². The monoisotopic (exact) mass is 430 g/mol. The van der Waals surface area contributed by atoms with E-state index in [0.29, 0.717) is 37.4 Å². The van der Waals surface area contributed by atoms with Gasteiger partial charge in [0.25, 0.3) is 5.91 Å². The molecule has 3 aromatic rings. The molecule has 0 radical (unpaired) electrons. The van der Waals surface area contributed by atoms with Gasteiger partial charge in [-0.05, 0) is 36.8 Å². The summed E-state index contributed by atoms with van der Waals surface area (Å²) < 4.78 is 5.42. The third kappa shape index (κ3) is 5.43. The highest BCUT2D eigenvalue weighted by Gasteiger charge is 2.23. The Balaban J connectivity index is 1.26. The number of carbonyl (C=O) groups excluding carboxylic acids is 2. The van der Waals surface area contributed by atoms with Crippen LogP contribution in [0.25, 0.3) is 0 Å². The molecule has 0 unspecified atom stereocenters. The maximum atomic E-state index is 12.4. The standard InChI is InChI=1S/C25H26N4O3/c1-19-7-9-21(10-8-19)24(30)27-22-11-12-23(26-17-22)28-13-15-29(16-14-28)25(31)32-18-20-5-3-2-4-6-20/h2-12,17H,13-16,18H2,1H3,(H,27,30). The lowest BCUT2D eigenvalue weighted by Gasteiger charge is -2.34. The number of ether oxygens (including phenoxy) is 1. The second-order valence-corrected chi connectivity index (χ2v) is 7.74. The fraction of sp³-hybridized carbons (Fsp3) is 0.240. The van der Waals surface area contributed by atoms with E-state index in [0.717, 1.165) is 16.9 Å². The van der Waals surface area contributed by atoms with Crippen LogP contribution in [0.5, 0.6) is 0 Å². The molecule has 0 bridgehead atoms. The van der Waals surface area contributed by atoms with Crippen LogP contribution in [0.2, 0.25) is 0 Å². The molecule has 2 amide bonds. The molecule has 7 nitrogen and oxygen atoms in total. The third-order valence-electron chi connectivity index (χ3n) is 5.39. The minimum atomic E-state index is -0.296. The number of pyridine rings is 1. The van der Waals surface area contributed by atoms with Gasteiger partial charge in [0, 0.05) is 31.7 Å². The highest BCUT2D eigenvalue weighted by Crippen LogP contribution is 2.17. The summed E-state index contributed by atoms with van der Waals surface area (Å²) in [6.45, 7) is 4.74. The van der Waals surface area contributed by atoms with E-state index in [4.69, 9.17) is 4.74 Å². The van der Waals surface area contributed by atoms with Gasteiger partial charge in [-0.15, -0.1) is 0 Å². The first kappa shape index (κ1) is 21.4. The number of rotatable bonds is 5. The summed E-state index contributed by atoms with van der Waals surface area (Å²) >= 11 is 0. The van der Waals surface area contributed by atoms with Gasteiger partial charge in [0.15, 0.2) is 0 Å². The average Bonchev–Trinajstić information content (AvgIpc) is 2.84. The number of benzene rings is 2. The van der Waals surface area contributed by atoms with Gasteiger partial charge in [0.1, 0.15) is 12.4 Å². The van der Waals surface area contributed by atoms with E-state index >= 15 is 0 Å². The first-order valence-electron chi connectivity index (χ1n) is 10.6. The molecule has 1 aliphatic heterocycles. The zero-order chi connectivity index (χ0) is 22.3. The number of nitrogens with zero attached hydrogens (tertiary/aromatic N) is 3. The van der Waals surface area contributed by atoms with Crippen LogP contribution in [0.1, 0.15) is 21.5 Å². The van der Waals surface area contributed by atoms with Crippen LogP contribution < -0.4 is 10.2 Å². The molecule has 0 saturated carbocycles. The van der Waals surface area contributed by atoms with Gasteiger partial charge in [-0.3, -0.25) is 4.79 Å². The molecule has 0 atom stereocenters. The number of carbonyl (C=O) groups is 2. The first-order valence-corrected chi connectivity index (χ1v) is 10.6. The second kappa shape index (κ2) is 9.96. The van der Waals surface area contributed by atoms with E-state index < -0.39 is 0 Å². The Kier molecular flexibility index (Phi) is 6.65. The summed E-state index contributed by atoms with van der Waals surface area (Å²) in [5.41, 5.74) is 3.33. The minimum absolute atomic E-state index is 0.165. The lowest BCUT2D eigenvalue weighted by molar-refractivity contribution is 0.0941. The van der Waals surface area contributed by atoms with E-state index in [2.05, 4.69) is 15.2 Å². The zero-order valence-electron chi connectivity index (χ0n) is 18.0. The Hall–Kier alpha value is -3.87. The van der Waals surface area contributed by atoms with E-state index in [1.54, 1.807) is 23.2 Å². The predicted octanol–water partition coefficient (Wildman–Crippen LogP) is 4.10. The minimum Gasteiger partial charge on any atom is -0.445 e. The molecule has 2 aromatic carbocycles. The Morgan fingerprint density at radius 1 is 0.938 bits per heavy atom. The second-order valence-electron chi connectivity index (χ2n) is 7.74. The van der Waals surface area contributed by atoms with Crippen LogP contribution in [0.15, 0.2) is 72.9 Å². The van der Waals surface area contributed by atoms with Crippen molar-refractivity contribution in [2.24, 2.45) is 0 Å². The normalized spacial score (nSPS) is 13.5. The maximum Gasteiger partial charge on any atom is 0.410 e. The predicted molar refractivity (Wildman–Crippen MR) is 124 cm³/mol. The first-order chi connectivity index (χ1) is 15.6. The van der Waals surface area contributed by atoms with E-state index in [-0.39, 0.29) is 18.6 Å². The third-order valence-corrected chi connectivity index (χ3v) is 5.39. The highest BCUT2D eigenvalue weighted by atomic mass is 16.6. The van der Waals surface area contributed by atoms with Crippen molar-refractivity contribution in [3.05, 3.63) is 89.6 Å². The lowest BCUT2D eigenvalue weighted by atomic mass is 10.1. The van der Waals surface area contributed by atoms with Crippen LogP contribution in [-0.2, 0) is 11.3 Å². The molecular weight excluding hydrogens is 404 g/mol. The van der Waals surface area contributed by atoms with Gasteiger partial charge in [-0.25, -0.2) is 9.78 Å². The van der Waals surface area contributed by atoms with Crippen molar-refractivity contribution in [2.75, 3.05) is 36.4 Å². The molecule has 164 valence electrons. The van der Waals surface area contributed by atoms with Crippen LogP contribution >= 0.6 is 0 Å². The summed E-state index contributed by atoms with van der Waals surface area (Å²) in [6.07, 6.45) is 1.36. The van der Waals surface area contributed by atoms with E-state index in [1.807, 2.05) is 61.5 Å². The van der Waals surface area contributed by atoms with Crippen molar-refractivity contribution < 1.29 is 14.3 Å². The SMILES string of the molecule is Cc1ccc(C(=O)Nc2ccc(N3CCN(C(=O)OCc4ccccc4)CC3)nc2)cc1. The van der Waals surface area contributed by atoms with Gasteiger partial charge >= 0.3 is 6.09 Å². The Morgan fingerprint density at radius 3 is 2.31 bits per heavy atom. The molecule has 32 heavy (non-hydrogen) atoms. The summed E-state index contributed by atoms with van der Waals surface area (Å²) in [4.78, 5) is 33.0. The number of aryl methyl sites for hydroxylation is 1. The number of hydrogen-bond acceptors (Lipinski definition) is 5. The molecule has 2 heterocycles. The largest absolute Gasteiger partial charge is 0.445 e. The van der Waals surface area contributed by atoms with E-state index in [1.165, 1.54) is 0 Å². The fourth-order valence-corrected chi connectivity index (χ4v) is 3.48. The summed E-state index contributed by atoms with van der Waals surface area (Å²) in [6, 6.07) is 20.8. The van der Waals surface area contributed by atoms with Crippen molar-refractivity contribution >= 4 is 23.5 Å². The number of aromatic nitrogens is 1. The fourth-order valence-electron chi connectivity index (χ4n) is 3.48. The molecule has 1 N–H and O–H groups in total. The highest BCUT2D eigenvalue weighted by molar-refractivity contribution is 6.04. The maximum absolute atomic E-state index is 12.4. The number of piperazine rings is 1. The van der Waals surface area contributed by atoms with Crippen LogP contribution in [0.3, 0.4) is 0 Å². The molecule has 1 saturated heterocycles. The molecule has 1 aromatic heterocycles. The lowest BCUT2D eigenvalue weighted by Crippen LogP contribution is -2.49. The zero-order valence-corrected chi connectivity index (χ0v) is 18.0. The quantitative estimate of drug-likeness (QED) is 0.660. The van der Waals surface area contributed by atoms with Crippen molar-refractivity contribution in [3.63, 3.8) is 0 Å². The Labute approximate surface area is 187 Å². The van der Waals surface area contributed by atoms with Gasteiger partial charge in [-0.1, -0.05) is 48.0 Å². The van der Waals surface area contributed by atoms with Crippen molar-refractivity contribution in [1.29, 1.82) is 0 Å². The topological polar surface area (TPSA) is 74.8 Å². The van der Waals surface area contributed by atoms with Crippen LogP contribution in [0, 0.1) is 6.92 Å². The van der Waals surface area contributed by atoms with Crippen LogP contribution in [-0.4, -0.2) is 48.1 Å². The van der Waals surface area contributed by atoms with Gasteiger partial charge in [0.2, 0.25) is 0 Å². The Bertz CT molecular complexity index is 1040. The van der Waals surface area contributed by atoms with Gasteiger partial charge in [-0.2, -0.15) is 0 Å². The molecular formula is C25H26N4O3. The van der Waals surface area contributed by atoms with Crippen molar-refractivity contribution in [3.8, 4) is 0 Å². The summed E-state index contributed by atoms with van der Waals surface area (Å²) in [5, 5.41) is 2.87. The molecule has 0 aliphatic carbocycles.